The average Bonchev–Trinajstić information content (AvgIpc) is 3.14. The number of pyridine rings is 1. The maximum atomic E-state index is 13.4. The number of anilines is 1. The normalized spacial score (nSPS) is 20.1. The number of thiocarbonyl (C=S) groups is 1. The van der Waals surface area contributed by atoms with Crippen LogP contribution in [0, 0.1) is 24.2 Å². The topological polar surface area (TPSA) is 95.6 Å². The number of thioether (sulfide) groups is 1. The Kier molecular flexibility index (Phi) is 9.36. The van der Waals surface area contributed by atoms with E-state index in [2.05, 4.69) is 6.07 Å². The van der Waals surface area contributed by atoms with Crippen molar-refractivity contribution in [2.75, 3.05) is 24.6 Å². The summed E-state index contributed by atoms with van der Waals surface area (Å²) in [5, 5.41) is 9.83. The number of ether oxygens (including phenoxy) is 1. The van der Waals surface area contributed by atoms with Gasteiger partial charge in [-0.25, -0.2) is 0 Å². The molecule has 36 heavy (non-hydrogen) atoms. The molecular formula is C26H34N4O4S2. The zero-order valence-corrected chi connectivity index (χ0v) is 23.3. The summed E-state index contributed by atoms with van der Waals surface area (Å²) in [4.78, 5) is 43.4. The highest BCUT2D eigenvalue weighted by atomic mass is 32.2. The van der Waals surface area contributed by atoms with Crippen LogP contribution in [0.1, 0.15) is 70.1 Å². The monoisotopic (exact) mass is 530 g/mol. The third-order valence-corrected chi connectivity index (χ3v) is 8.10. The number of aromatic nitrogens is 1. The van der Waals surface area contributed by atoms with Gasteiger partial charge in [-0.2, -0.15) is 5.26 Å². The second-order valence-electron chi connectivity index (χ2n) is 9.15. The number of hydrogen-bond donors (Lipinski definition) is 0. The Morgan fingerprint density at radius 1 is 1.33 bits per heavy atom. The molecule has 0 radical (unpaired) electrons. The van der Waals surface area contributed by atoms with Gasteiger partial charge in [-0.15, -0.1) is 0 Å². The molecule has 2 aliphatic rings. The Morgan fingerprint density at radius 3 is 2.67 bits per heavy atom. The number of nitrogens with zero attached hydrogens (tertiary/aromatic N) is 4. The third-order valence-electron chi connectivity index (χ3n) is 6.77. The van der Waals surface area contributed by atoms with Crippen molar-refractivity contribution in [1.29, 1.82) is 5.26 Å². The highest BCUT2D eigenvalue weighted by Crippen LogP contribution is 2.38. The summed E-state index contributed by atoms with van der Waals surface area (Å²) in [5.74, 6) is -0.0788. The van der Waals surface area contributed by atoms with E-state index in [9.17, 15) is 19.6 Å². The van der Waals surface area contributed by atoms with Gasteiger partial charge in [0.1, 0.15) is 21.8 Å². The first-order valence-corrected chi connectivity index (χ1v) is 13.8. The van der Waals surface area contributed by atoms with Gasteiger partial charge in [0.2, 0.25) is 0 Å². The fraction of sp³-hybridized carbons (Fsp3) is 0.577. The van der Waals surface area contributed by atoms with Crippen LogP contribution < -0.4 is 10.5 Å². The summed E-state index contributed by atoms with van der Waals surface area (Å²) in [6.45, 7) is 11.3. The summed E-state index contributed by atoms with van der Waals surface area (Å²) in [5.41, 5.74) is 0.884. The zero-order valence-electron chi connectivity index (χ0n) is 21.6. The summed E-state index contributed by atoms with van der Waals surface area (Å²) >= 11 is 6.75. The zero-order chi connectivity index (χ0) is 26.6. The van der Waals surface area contributed by atoms with Gasteiger partial charge in [0.05, 0.1) is 17.4 Å². The fourth-order valence-electron chi connectivity index (χ4n) is 4.71. The number of piperidine rings is 1. The molecule has 1 amide bonds. The first kappa shape index (κ1) is 27.9. The molecule has 8 nitrogen and oxygen atoms in total. The minimum absolute atomic E-state index is 0.0277. The summed E-state index contributed by atoms with van der Waals surface area (Å²) in [6, 6.07) is 2.05. The lowest BCUT2D eigenvalue weighted by atomic mass is 9.96. The van der Waals surface area contributed by atoms with E-state index in [-0.39, 0.29) is 35.0 Å². The smallest absolute Gasteiger partial charge is 0.310 e. The SMILES string of the molecule is CCCn1c(N2CCCC(C(=O)OCC)C2)c(/C=C2/SC(=S)N(C(C)CC)C2=O)c(C)c(C#N)c1=O. The van der Waals surface area contributed by atoms with E-state index < -0.39 is 0 Å². The van der Waals surface area contributed by atoms with Crippen molar-refractivity contribution in [3.8, 4) is 6.07 Å². The quantitative estimate of drug-likeness (QED) is 0.280. The van der Waals surface area contributed by atoms with E-state index in [0.717, 1.165) is 12.8 Å². The number of esters is 1. The molecule has 2 unspecified atom stereocenters. The molecule has 2 saturated heterocycles. The molecule has 0 spiro atoms. The van der Waals surface area contributed by atoms with Crippen LogP contribution in [0.3, 0.4) is 0 Å². The largest absolute Gasteiger partial charge is 0.466 e. The third kappa shape index (κ3) is 5.37. The second-order valence-corrected chi connectivity index (χ2v) is 10.8. The molecule has 2 aliphatic heterocycles. The molecule has 1 aromatic rings. The van der Waals surface area contributed by atoms with Crippen molar-refractivity contribution in [1.82, 2.24) is 9.47 Å². The first-order chi connectivity index (χ1) is 17.2. The van der Waals surface area contributed by atoms with Crippen molar-refractivity contribution < 1.29 is 14.3 Å². The van der Waals surface area contributed by atoms with Gasteiger partial charge in [-0.05, 0) is 58.1 Å². The Bertz CT molecular complexity index is 1180. The molecule has 1 aromatic heterocycles. The number of hydrogen-bond acceptors (Lipinski definition) is 8. The molecule has 3 heterocycles. The van der Waals surface area contributed by atoms with E-state index in [1.54, 1.807) is 29.4 Å². The minimum Gasteiger partial charge on any atom is -0.466 e. The van der Waals surface area contributed by atoms with Crippen molar-refractivity contribution in [2.24, 2.45) is 5.92 Å². The van der Waals surface area contributed by atoms with Crippen molar-refractivity contribution in [2.45, 2.75) is 72.9 Å². The van der Waals surface area contributed by atoms with Crippen LogP contribution in [0.4, 0.5) is 5.82 Å². The fourth-order valence-corrected chi connectivity index (χ4v) is 6.16. The Labute approximate surface area is 222 Å². The maximum Gasteiger partial charge on any atom is 0.310 e. The minimum atomic E-state index is -0.352. The number of carbonyl (C=O) groups excluding carboxylic acids is 2. The van der Waals surface area contributed by atoms with Crippen LogP contribution in [0.25, 0.3) is 6.08 Å². The van der Waals surface area contributed by atoms with Crippen molar-refractivity contribution >= 4 is 52.1 Å². The van der Waals surface area contributed by atoms with Crippen LogP contribution in [0.5, 0.6) is 0 Å². The van der Waals surface area contributed by atoms with Crippen LogP contribution in [0.15, 0.2) is 9.70 Å². The number of nitriles is 1. The molecule has 0 aliphatic carbocycles. The molecule has 2 atom stereocenters. The predicted molar refractivity (Wildman–Crippen MR) is 147 cm³/mol. The highest BCUT2D eigenvalue weighted by molar-refractivity contribution is 8.26. The van der Waals surface area contributed by atoms with E-state index in [1.165, 1.54) is 11.8 Å². The molecule has 0 N–H and O–H groups in total. The Balaban J connectivity index is 2.21. The van der Waals surface area contributed by atoms with Gasteiger partial charge >= 0.3 is 5.97 Å². The van der Waals surface area contributed by atoms with Gasteiger partial charge in [0, 0.05) is 31.2 Å². The van der Waals surface area contributed by atoms with Crippen LogP contribution in [-0.4, -0.2) is 51.4 Å². The van der Waals surface area contributed by atoms with E-state index in [0.29, 0.717) is 65.3 Å². The number of amides is 1. The molecule has 194 valence electrons. The van der Waals surface area contributed by atoms with Crippen molar-refractivity contribution in [3.63, 3.8) is 0 Å². The Morgan fingerprint density at radius 2 is 2.06 bits per heavy atom. The summed E-state index contributed by atoms with van der Waals surface area (Å²) < 4.78 is 7.41. The molecular weight excluding hydrogens is 496 g/mol. The van der Waals surface area contributed by atoms with Gasteiger partial charge in [-0.1, -0.05) is 37.8 Å². The predicted octanol–water partition coefficient (Wildman–Crippen LogP) is 4.22. The lowest BCUT2D eigenvalue weighted by Crippen LogP contribution is -2.43. The molecule has 2 fully saturated rings. The van der Waals surface area contributed by atoms with Crippen LogP contribution in [-0.2, 0) is 20.9 Å². The second kappa shape index (κ2) is 12.1. The summed E-state index contributed by atoms with van der Waals surface area (Å²) in [6.07, 6.45) is 4.70. The molecule has 0 aromatic carbocycles. The van der Waals surface area contributed by atoms with Crippen molar-refractivity contribution in [3.05, 3.63) is 31.9 Å². The standard InChI is InChI=1S/C26H34N4O4S2/c1-6-11-29-22(28-12-9-10-18(15-28)25(33)34-8-3)19(17(5)20(14-27)23(29)31)13-21-24(32)30(16(4)7-2)26(35)36-21/h13,16,18H,6-12,15H2,1-5H3/b21-13+. The van der Waals surface area contributed by atoms with Gasteiger partial charge in [0.15, 0.2) is 0 Å². The number of rotatable bonds is 8. The molecule has 0 saturated carbocycles. The lowest BCUT2D eigenvalue weighted by molar-refractivity contribution is -0.148. The highest BCUT2D eigenvalue weighted by Gasteiger charge is 2.36. The van der Waals surface area contributed by atoms with Crippen LogP contribution >= 0.6 is 24.0 Å². The van der Waals surface area contributed by atoms with Gasteiger partial charge in [-0.3, -0.25) is 23.9 Å². The molecule has 10 heteroatoms. The van der Waals surface area contributed by atoms with E-state index in [1.807, 2.05) is 25.7 Å². The van der Waals surface area contributed by atoms with Gasteiger partial charge in [0.25, 0.3) is 11.5 Å². The lowest BCUT2D eigenvalue weighted by Gasteiger charge is -2.36. The van der Waals surface area contributed by atoms with Gasteiger partial charge < -0.3 is 9.64 Å². The number of carbonyl (C=O) groups is 2. The van der Waals surface area contributed by atoms with E-state index >= 15 is 0 Å². The van der Waals surface area contributed by atoms with Crippen LogP contribution in [0.2, 0.25) is 0 Å². The maximum absolute atomic E-state index is 13.4. The Hall–Kier alpha value is -2.64. The molecule has 3 rings (SSSR count). The molecule has 0 bridgehead atoms. The van der Waals surface area contributed by atoms with E-state index in [4.69, 9.17) is 17.0 Å². The average molecular weight is 531 g/mol. The summed E-state index contributed by atoms with van der Waals surface area (Å²) in [7, 11) is 0. The first-order valence-electron chi connectivity index (χ1n) is 12.6.